The normalized spacial score (nSPS) is 13.5. The maximum absolute atomic E-state index is 13.9. The number of methoxy groups -OCH3 is 1. The Bertz CT molecular complexity index is 1480. The minimum Gasteiger partial charge on any atom is -0.497 e. The standard InChI is InChI=1S/C29H32N4O4/c1-29(2,3)37-28(35)31-15-14-24-25(19-31)33-26(22(17-30-33)16-20-8-6-5-7-9-20)32(27(24)34)18-21-10-12-23(36-4)13-11-21/h5-13,17H,14-16,18-19H2,1-4H3. The molecule has 2 aromatic carbocycles. The molecule has 8 nitrogen and oxygen atoms in total. The lowest BCUT2D eigenvalue weighted by Crippen LogP contribution is -2.43. The van der Waals surface area contributed by atoms with E-state index in [1.165, 1.54) is 0 Å². The van der Waals surface area contributed by atoms with E-state index in [9.17, 15) is 9.59 Å². The van der Waals surface area contributed by atoms with Crippen LogP contribution in [0.1, 0.15) is 48.7 Å². The second kappa shape index (κ2) is 9.76. The Balaban J connectivity index is 1.61. The van der Waals surface area contributed by atoms with Crippen LogP contribution in [0.25, 0.3) is 5.65 Å². The maximum Gasteiger partial charge on any atom is 0.410 e. The van der Waals surface area contributed by atoms with Gasteiger partial charge in [-0.3, -0.25) is 9.36 Å². The van der Waals surface area contributed by atoms with Crippen LogP contribution in [0.3, 0.4) is 0 Å². The van der Waals surface area contributed by atoms with Crippen LogP contribution in [0.15, 0.2) is 65.6 Å². The molecule has 1 aliphatic rings. The highest BCUT2D eigenvalue weighted by atomic mass is 16.6. The molecule has 0 fully saturated rings. The number of rotatable bonds is 5. The van der Waals surface area contributed by atoms with Crippen molar-refractivity contribution >= 4 is 11.7 Å². The monoisotopic (exact) mass is 500 g/mol. The lowest BCUT2D eigenvalue weighted by molar-refractivity contribution is 0.0218. The fourth-order valence-electron chi connectivity index (χ4n) is 4.77. The van der Waals surface area contributed by atoms with Crippen molar-refractivity contribution in [1.82, 2.24) is 19.1 Å². The predicted molar refractivity (Wildman–Crippen MR) is 141 cm³/mol. The first kappa shape index (κ1) is 24.6. The molecule has 3 heterocycles. The molecule has 0 atom stereocenters. The first-order valence-corrected chi connectivity index (χ1v) is 12.5. The molecule has 1 amide bonds. The van der Waals surface area contributed by atoms with Gasteiger partial charge in [0.05, 0.1) is 32.1 Å². The van der Waals surface area contributed by atoms with Gasteiger partial charge in [-0.2, -0.15) is 5.10 Å². The van der Waals surface area contributed by atoms with Gasteiger partial charge in [0.15, 0.2) is 0 Å². The van der Waals surface area contributed by atoms with Gasteiger partial charge in [-0.05, 0) is 50.5 Å². The molecule has 37 heavy (non-hydrogen) atoms. The fraction of sp³-hybridized carbons (Fsp3) is 0.345. The predicted octanol–water partition coefficient (Wildman–Crippen LogP) is 4.44. The number of carbonyl (C=O) groups excluding carboxylic acids is 1. The van der Waals surface area contributed by atoms with Crippen molar-refractivity contribution in [3.05, 3.63) is 99.1 Å². The Morgan fingerprint density at radius 3 is 2.43 bits per heavy atom. The van der Waals surface area contributed by atoms with Crippen molar-refractivity contribution in [3.8, 4) is 5.75 Å². The van der Waals surface area contributed by atoms with Crippen molar-refractivity contribution in [2.75, 3.05) is 13.7 Å². The van der Waals surface area contributed by atoms with Crippen LogP contribution >= 0.6 is 0 Å². The summed E-state index contributed by atoms with van der Waals surface area (Å²) in [4.78, 5) is 28.4. The molecule has 2 aromatic heterocycles. The van der Waals surface area contributed by atoms with Crippen LogP contribution in [-0.2, 0) is 30.7 Å². The molecule has 0 bridgehead atoms. The Morgan fingerprint density at radius 2 is 1.76 bits per heavy atom. The van der Waals surface area contributed by atoms with E-state index in [0.717, 1.165) is 33.8 Å². The highest BCUT2D eigenvalue weighted by molar-refractivity contribution is 5.68. The number of ether oxygens (including phenoxy) is 2. The Hall–Kier alpha value is -4.07. The highest BCUT2D eigenvalue weighted by Gasteiger charge is 2.30. The highest BCUT2D eigenvalue weighted by Crippen LogP contribution is 2.24. The van der Waals surface area contributed by atoms with E-state index in [1.54, 1.807) is 12.0 Å². The lowest BCUT2D eigenvalue weighted by atomic mass is 10.0. The number of aromatic nitrogens is 3. The molecule has 8 heteroatoms. The van der Waals surface area contributed by atoms with E-state index in [-0.39, 0.29) is 18.2 Å². The molecule has 192 valence electrons. The van der Waals surface area contributed by atoms with Gasteiger partial charge in [0.2, 0.25) is 0 Å². The van der Waals surface area contributed by atoms with Crippen molar-refractivity contribution in [2.24, 2.45) is 0 Å². The minimum atomic E-state index is -0.594. The number of benzene rings is 2. The summed E-state index contributed by atoms with van der Waals surface area (Å²) in [6, 6.07) is 17.9. The van der Waals surface area contributed by atoms with Gasteiger partial charge in [0.1, 0.15) is 17.0 Å². The van der Waals surface area contributed by atoms with E-state index in [2.05, 4.69) is 12.1 Å². The van der Waals surface area contributed by atoms with E-state index in [1.807, 2.05) is 78.5 Å². The summed E-state index contributed by atoms with van der Waals surface area (Å²) >= 11 is 0. The SMILES string of the molecule is COc1ccc(Cn2c(=O)c3c(n4ncc(Cc5ccccc5)c24)CN(C(=O)OC(C)(C)C)CC3)cc1. The van der Waals surface area contributed by atoms with Crippen LogP contribution in [0.4, 0.5) is 4.79 Å². The smallest absolute Gasteiger partial charge is 0.410 e. The number of nitrogens with zero attached hydrogens (tertiary/aromatic N) is 4. The first-order valence-electron chi connectivity index (χ1n) is 12.5. The van der Waals surface area contributed by atoms with E-state index in [4.69, 9.17) is 14.6 Å². The van der Waals surface area contributed by atoms with Crippen LogP contribution < -0.4 is 10.3 Å². The van der Waals surface area contributed by atoms with E-state index in [0.29, 0.717) is 31.5 Å². The second-order valence-electron chi connectivity index (χ2n) is 10.4. The average Bonchev–Trinajstić information content (AvgIpc) is 3.29. The summed E-state index contributed by atoms with van der Waals surface area (Å²) in [6.07, 6.45) is 2.53. The van der Waals surface area contributed by atoms with Crippen LogP contribution in [0.5, 0.6) is 5.75 Å². The number of fused-ring (bicyclic) bond motifs is 3. The van der Waals surface area contributed by atoms with E-state index < -0.39 is 5.60 Å². The molecule has 1 aliphatic heterocycles. The lowest BCUT2D eigenvalue weighted by Gasteiger charge is -2.31. The third-order valence-electron chi connectivity index (χ3n) is 6.54. The Labute approximate surface area is 216 Å². The van der Waals surface area contributed by atoms with Crippen LogP contribution in [0.2, 0.25) is 0 Å². The maximum atomic E-state index is 13.9. The molecule has 0 aliphatic carbocycles. The molecule has 5 rings (SSSR count). The van der Waals surface area contributed by atoms with Crippen LogP contribution in [-0.4, -0.2) is 44.4 Å². The molecule has 0 unspecified atom stereocenters. The number of carbonyl (C=O) groups is 1. The quantitative estimate of drug-likeness (QED) is 0.405. The average molecular weight is 501 g/mol. The fourth-order valence-corrected chi connectivity index (χ4v) is 4.77. The number of hydrogen-bond acceptors (Lipinski definition) is 5. The Morgan fingerprint density at radius 1 is 1.03 bits per heavy atom. The van der Waals surface area contributed by atoms with Gasteiger partial charge in [0, 0.05) is 24.1 Å². The minimum absolute atomic E-state index is 0.0445. The molecule has 4 aromatic rings. The molecule has 0 saturated heterocycles. The first-order chi connectivity index (χ1) is 17.7. The number of amides is 1. The summed E-state index contributed by atoms with van der Waals surface area (Å²) in [5.74, 6) is 0.767. The summed E-state index contributed by atoms with van der Waals surface area (Å²) in [6.45, 7) is 6.64. The van der Waals surface area contributed by atoms with Gasteiger partial charge >= 0.3 is 6.09 Å². The van der Waals surface area contributed by atoms with Crippen LogP contribution in [0, 0.1) is 0 Å². The zero-order valence-corrected chi connectivity index (χ0v) is 21.7. The van der Waals surface area contributed by atoms with Gasteiger partial charge in [-0.25, -0.2) is 9.31 Å². The van der Waals surface area contributed by atoms with E-state index >= 15 is 0 Å². The molecular formula is C29H32N4O4. The summed E-state index contributed by atoms with van der Waals surface area (Å²) in [5, 5.41) is 4.73. The molecule has 0 radical (unpaired) electrons. The third kappa shape index (κ3) is 5.09. The van der Waals surface area contributed by atoms with Crippen molar-refractivity contribution in [1.29, 1.82) is 0 Å². The van der Waals surface area contributed by atoms with Crippen molar-refractivity contribution in [3.63, 3.8) is 0 Å². The van der Waals surface area contributed by atoms with Gasteiger partial charge in [0.25, 0.3) is 5.56 Å². The Kier molecular flexibility index (Phi) is 6.50. The molecule has 0 spiro atoms. The summed E-state index contributed by atoms with van der Waals surface area (Å²) in [7, 11) is 1.63. The summed E-state index contributed by atoms with van der Waals surface area (Å²) < 4.78 is 14.6. The third-order valence-corrected chi connectivity index (χ3v) is 6.54. The number of hydrogen-bond donors (Lipinski definition) is 0. The molecule has 0 saturated carbocycles. The van der Waals surface area contributed by atoms with Crippen molar-refractivity contribution in [2.45, 2.75) is 52.3 Å². The second-order valence-corrected chi connectivity index (χ2v) is 10.4. The van der Waals surface area contributed by atoms with Gasteiger partial charge in [-0.15, -0.1) is 0 Å². The zero-order chi connectivity index (χ0) is 26.2. The zero-order valence-electron chi connectivity index (χ0n) is 21.7. The molecule has 0 N–H and O–H groups in total. The molecular weight excluding hydrogens is 468 g/mol. The van der Waals surface area contributed by atoms with Gasteiger partial charge in [-0.1, -0.05) is 42.5 Å². The topological polar surface area (TPSA) is 78.1 Å². The van der Waals surface area contributed by atoms with Crippen molar-refractivity contribution < 1.29 is 14.3 Å². The van der Waals surface area contributed by atoms with Gasteiger partial charge < -0.3 is 14.4 Å². The summed E-state index contributed by atoms with van der Waals surface area (Å²) in [5.41, 5.74) is 4.61. The largest absolute Gasteiger partial charge is 0.497 e.